The predicted molar refractivity (Wildman–Crippen MR) is 80.9 cm³/mol. The summed E-state index contributed by atoms with van der Waals surface area (Å²) in [6, 6.07) is 0. The number of carbonyl (C=O) groups excluding carboxylic acids is 3. The molecule has 0 bridgehead atoms. The van der Waals surface area contributed by atoms with Crippen LogP contribution in [0.5, 0.6) is 0 Å². The number of hydrogen-bond acceptors (Lipinski definition) is 6. The first kappa shape index (κ1) is 19.9. The normalized spacial score (nSPS) is 9.91. The third kappa shape index (κ3) is 8.94. The molecule has 0 rings (SSSR count). The fourth-order valence-electron chi connectivity index (χ4n) is 1.71. The van der Waals surface area contributed by atoms with E-state index in [9.17, 15) is 14.4 Å². The average Bonchev–Trinajstić information content (AvgIpc) is 2.53. The second-order valence-corrected chi connectivity index (χ2v) is 4.57. The van der Waals surface area contributed by atoms with Crippen LogP contribution < -0.4 is 0 Å². The van der Waals surface area contributed by atoms with Crippen molar-refractivity contribution in [2.75, 3.05) is 20.3 Å². The van der Waals surface area contributed by atoms with Crippen LogP contribution in [0.3, 0.4) is 0 Å². The summed E-state index contributed by atoms with van der Waals surface area (Å²) in [4.78, 5) is 34.7. The van der Waals surface area contributed by atoms with Crippen molar-refractivity contribution in [2.24, 2.45) is 5.92 Å². The Hall–Kier alpha value is -2.11. The molecule has 0 fully saturated rings. The lowest BCUT2D eigenvalue weighted by atomic mass is 10.0. The van der Waals surface area contributed by atoms with Crippen molar-refractivity contribution in [1.82, 2.24) is 0 Å². The van der Waals surface area contributed by atoms with Crippen LogP contribution in [-0.2, 0) is 28.6 Å². The first-order valence-electron chi connectivity index (χ1n) is 7.18. The fraction of sp³-hybridized carbons (Fsp3) is 0.562. The van der Waals surface area contributed by atoms with Crippen molar-refractivity contribution < 1.29 is 28.6 Å². The maximum absolute atomic E-state index is 11.9. The second-order valence-electron chi connectivity index (χ2n) is 4.57. The molecule has 124 valence electrons. The van der Waals surface area contributed by atoms with Gasteiger partial charge in [0.2, 0.25) is 0 Å². The summed E-state index contributed by atoms with van der Waals surface area (Å²) in [7, 11) is 1.34. The van der Waals surface area contributed by atoms with Crippen LogP contribution in [0.1, 0.15) is 32.1 Å². The van der Waals surface area contributed by atoms with E-state index in [0.29, 0.717) is 32.1 Å². The van der Waals surface area contributed by atoms with Crippen LogP contribution in [0, 0.1) is 5.92 Å². The van der Waals surface area contributed by atoms with E-state index in [0.717, 1.165) is 0 Å². The first-order chi connectivity index (χ1) is 10.6. The van der Waals surface area contributed by atoms with Crippen molar-refractivity contribution in [2.45, 2.75) is 32.1 Å². The van der Waals surface area contributed by atoms with E-state index in [4.69, 9.17) is 9.47 Å². The van der Waals surface area contributed by atoms with Gasteiger partial charge in [0, 0.05) is 6.42 Å². The molecule has 0 amide bonds. The lowest BCUT2D eigenvalue weighted by Crippen LogP contribution is -2.28. The highest BCUT2D eigenvalue weighted by Crippen LogP contribution is 2.15. The summed E-state index contributed by atoms with van der Waals surface area (Å²) >= 11 is 0. The van der Waals surface area contributed by atoms with Crippen molar-refractivity contribution in [1.29, 1.82) is 0 Å². The summed E-state index contributed by atoms with van der Waals surface area (Å²) < 4.78 is 14.4. The van der Waals surface area contributed by atoms with Gasteiger partial charge in [-0.3, -0.25) is 14.4 Å². The zero-order chi connectivity index (χ0) is 16.8. The molecule has 0 saturated heterocycles. The molecule has 0 radical (unpaired) electrons. The SMILES string of the molecule is C=CCOC(=O)C(CCCCCC(=O)OC)C(=O)OCC=C. The van der Waals surface area contributed by atoms with Gasteiger partial charge in [0.1, 0.15) is 13.2 Å². The van der Waals surface area contributed by atoms with Gasteiger partial charge >= 0.3 is 17.9 Å². The van der Waals surface area contributed by atoms with Crippen LogP contribution in [0.15, 0.2) is 25.3 Å². The standard InChI is InChI=1S/C16H24O6/c1-4-11-21-15(18)13(16(19)22-12-5-2)9-7-6-8-10-14(17)20-3/h4-5,13H,1-2,6-12H2,3H3. The Morgan fingerprint density at radius 1 is 0.955 bits per heavy atom. The van der Waals surface area contributed by atoms with Gasteiger partial charge < -0.3 is 14.2 Å². The van der Waals surface area contributed by atoms with Gasteiger partial charge in [0.05, 0.1) is 7.11 Å². The van der Waals surface area contributed by atoms with E-state index < -0.39 is 17.9 Å². The van der Waals surface area contributed by atoms with Crippen molar-refractivity contribution in [3.8, 4) is 0 Å². The molecule has 6 heteroatoms. The quantitative estimate of drug-likeness (QED) is 0.181. The van der Waals surface area contributed by atoms with Crippen molar-refractivity contribution >= 4 is 17.9 Å². The molecule has 0 spiro atoms. The van der Waals surface area contributed by atoms with E-state index in [1.54, 1.807) is 0 Å². The molecule has 0 atom stereocenters. The summed E-state index contributed by atoms with van der Waals surface area (Å²) in [5.74, 6) is -2.48. The van der Waals surface area contributed by atoms with Crippen LogP contribution in [-0.4, -0.2) is 38.2 Å². The molecule has 6 nitrogen and oxygen atoms in total. The second kappa shape index (κ2) is 12.6. The number of rotatable bonds is 12. The van der Waals surface area contributed by atoms with Gasteiger partial charge in [0.25, 0.3) is 0 Å². The molecule has 0 N–H and O–H groups in total. The number of hydrogen-bond donors (Lipinski definition) is 0. The van der Waals surface area contributed by atoms with Gasteiger partial charge in [-0.15, -0.1) is 0 Å². The maximum Gasteiger partial charge on any atom is 0.320 e. The van der Waals surface area contributed by atoms with E-state index >= 15 is 0 Å². The summed E-state index contributed by atoms with van der Waals surface area (Å²) in [5.41, 5.74) is 0. The molecule has 0 aliphatic carbocycles. The third-order valence-electron chi connectivity index (χ3n) is 2.86. The number of unbranched alkanes of at least 4 members (excludes halogenated alkanes) is 2. The molecule has 0 aromatic rings. The Balaban J connectivity index is 4.30. The molecular formula is C16H24O6. The number of methoxy groups -OCH3 is 1. The van der Waals surface area contributed by atoms with Crippen molar-refractivity contribution in [3.63, 3.8) is 0 Å². The summed E-state index contributed by atoms with van der Waals surface area (Å²) in [5, 5.41) is 0. The van der Waals surface area contributed by atoms with Crippen molar-refractivity contribution in [3.05, 3.63) is 25.3 Å². The Morgan fingerprint density at radius 3 is 1.95 bits per heavy atom. The van der Waals surface area contributed by atoms with Crippen LogP contribution in [0.25, 0.3) is 0 Å². The fourth-order valence-corrected chi connectivity index (χ4v) is 1.71. The topological polar surface area (TPSA) is 78.9 Å². The number of esters is 3. The molecule has 0 aromatic carbocycles. The summed E-state index contributed by atoms with van der Waals surface area (Å²) in [6.07, 6.45) is 5.45. The van der Waals surface area contributed by atoms with E-state index in [-0.39, 0.29) is 19.2 Å². The Labute approximate surface area is 131 Å². The van der Waals surface area contributed by atoms with E-state index in [1.165, 1.54) is 19.3 Å². The first-order valence-corrected chi connectivity index (χ1v) is 7.18. The monoisotopic (exact) mass is 312 g/mol. The van der Waals surface area contributed by atoms with Crippen LogP contribution in [0.4, 0.5) is 0 Å². The van der Waals surface area contributed by atoms with Gasteiger partial charge in [0.15, 0.2) is 5.92 Å². The minimum absolute atomic E-state index is 0.0480. The maximum atomic E-state index is 11.9. The molecule has 0 aromatic heterocycles. The number of carbonyl (C=O) groups is 3. The molecule has 0 aliphatic rings. The molecule has 0 aliphatic heterocycles. The van der Waals surface area contributed by atoms with Crippen LogP contribution in [0.2, 0.25) is 0 Å². The zero-order valence-corrected chi connectivity index (χ0v) is 13.0. The average molecular weight is 312 g/mol. The lowest BCUT2D eigenvalue weighted by molar-refractivity contribution is -0.161. The van der Waals surface area contributed by atoms with Crippen LogP contribution >= 0.6 is 0 Å². The summed E-state index contributed by atoms with van der Waals surface area (Å²) in [6.45, 7) is 6.99. The molecular weight excluding hydrogens is 288 g/mol. The van der Waals surface area contributed by atoms with Gasteiger partial charge in [-0.1, -0.05) is 38.2 Å². The minimum Gasteiger partial charge on any atom is -0.469 e. The highest BCUT2D eigenvalue weighted by atomic mass is 16.6. The molecule has 0 unspecified atom stereocenters. The van der Waals surface area contributed by atoms with E-state index in [1.807, 2.05) is 0 Å². The molecule has 0 saturated carbocycles. The smallest absolute Gasteiger partial charge is 0.320 e. The molecule has 0 heterocycles. The predicted octanol–water partition coefficient (Wildman–Crippen LogP) is 2.18. The van der Waals surface area contributed by atoms with Gasteiger partial charge in [-0.2, -0.15) is 0 Å². The lowest BCUT2D eigenvalue weighted by Gasteiger charge is -2.14. The largest absolute Gasteiger partial charge is 0.469 e. The zero-order valence-electron chi connectivity index (χ0n) is 13.0. The van der Waals surface area contributed by atoms with Gasteiger partial charge in [-0.25, -0.2) is 0 Å². The third-order valence-corrected chi connectivity index (χ3v) is 2.86. The Bertz CT molecular complexity index is 364. The van der Waals surface area contributed by atoms with E-state index in [2.05, 4.69) is 17.9 Å². The highest BCUT2D eigenvalue weighted by molar-refractivity contribution is 5.94. The Morgan fingerprint density at radius 2 is 1.50 bits per heavy atom. The molecule has 22 heavy (non-hydrogen) atoms. The Kier molecular flexibility index (Phi) is 11.4. The minimum atomic E-state index is -0.960. The van der Waals surface area contributed by atoms with Gasteiger partial charge in [-0.05, 0) is 12.8 Å². The highest BCUT2D eigenvalue weighted by Gasteiger charge is 2.28. The number of ether oxygens (including phenoxy) is 3.